The van der Waals surface area contributed by atoms with Crippen LogP contribution in [0.1, 0.15) is 5.89 Å². The molecule has 25 heavy (non-hydrogen) atoms. The summed E-state index contributed by atoms with van der Waals surface area (Å²) in [5.74, 6) is 1.67. The van der Waals surface area contributed by atoms with Crippen LogP contribution in [0.3, 0.4) is 0 Å². The number of aromatic nitrogens is 4. The smallest absolute Gasteiger partial charge is 0.247 e. The van der Waals surface area contributed by atoms with Gasteiger partial charge in [-0.1, -0.05) is 39.0 Å². The molecular formula is C15H14BrN5O2S2. The normalized spacial score (nSPS) is 14.8. The summed E-state index contributed by atoms with van der Waals surface area (Å²) in [6.07, 6.45) is 0. The Morgan fingerprint density at radius 3 is 2.68 bits per heavy atom. The summed E-state index contributed by atoms with van der Waals surface area (Å²) < 4.78 is 13.0. The lowest BCUT2D eigenvalue weighted by Crippen LogP contribution is -2.36. The molecule has 0 radical (unpaired) electrons. The molecule has 0 unspecified atom stereocenters. The number of anilines is 1. The van der Waals surface area contributed by atoms with Crippen molar-refractivity contribution in [2.75, 3.05) is 31.2 Å². The van der Waals surface area contributed by atoms with Crippen molar-refractivity contribution in [2.45, 2.75) is 10.1 Å². The molecule has 0 bridgehead atoms. The lowest BCUT2D eigenvalue weighted by atomic mass is 10.2. The summed E-state index contributed by atoms with van der Waals surface area (Å²) in [4.78, 5) is 2.20. The van der Waals surface area contributed by atoms with Gasteiger partial charge in [-0.15, -0.1) is 20.4 Å². The van der Waals surface area contributed by atoms with E-state index in [0.29, 0.717) is 17.5 Å². The Hall–Kier alpha value is -1.49. The topological polar surface area (TPSA) is 77.2 Å². The molecule has 1 saturated heterocycles. The number of nitrogens with zero attached hydrogens (tertiary/aromatic N) is 5. The van der Waals surface area contributed by atoms with E-state index >= 15 is 0 Å². The molecule has 0 saturated carbocycles. The molecule has 0 atom stereocenters. The van der Waals surface area contributed by atoms with Crippen molar-refractivity contribution >= 4 is 44.2 Å². The molecule has 2 aromatic heterocycles. The van der Waals surface area contributed by atoms with Crippen molar-refractivity contribution < 1.29 is 9.15 Å². The second-order valence-corrected chi connectivity index (χ2v) is 8.34. The van der Waals surface area contributed by atoms with Gasteiger partial charge in [0, 0.05) is 23.1 Å². The van der Waals surface area contributed by atoms with Crippen LogP contribution >= 0.6 is 39.0 Å². The fourth-order valence-electron chi connectivity index (χ4n) is 2.29. The van der Waals surface area contributed by atoms with Gasteiger partial charge in [0.15, 0.2) is 4.34 Å². The Balaban J connectivity index is 1.37. The van der Waals surface area contributed by atoms with Crippen LogP contribution in [0, 0.1) is 0 Å². The van der Waals surface area contributed by atoms with E-state index in [9.17, 15) is 0 Å². The van der Waals surface area contributed by atoms with Crippen LogP contribution in [0.15, 0.2) is 37.5 Å². The third-order valence-corrected chi connectivity index (χ3v) is 6.19. The van der Waals surface area contributed by atoms with Gasteiger partial charge in [0.05, 0.1) is 19.0 Å². The molecule has 1 aromatic carbocycles. The van der Waals surface area contributed by atoms with Crippen LogP contribution in [0.2, 0.25) is 0 Å². The quantitative estimate of drug-likeness (QED) is 0.559. The monoisotopic (exact) mass is 439 g/mol. The lowest BCUT2D eigenvalue weighted by molar-refractivity contribution is 0.122. The standard InChI is InChI=1S/C15H14BrN5O2S2/c16-11-3-1-10(2-4-11)13-18-17-12(23-13)9-24-15-20-19-14(25-15)21-5-7-22-8-6-21/h1-4H,5-9H2. The first-order chi connectivity index (χ1) is 12.3. The fraction of sp³-hybridized carbons (Fsp3) is 0.333. The molecule has 1 aliphatic heterocycles. The van der Waals surface area contributed by atoms with E-state index < -0.39 is 0 Å². The molecule has 0 N–H and O–H groups in total. The largest absolute Gasteiger partial charge is 0.420 e. The van der Waals surface area contributed by atoms with E-state index in [1.807, 2.05) is 24.3 Å². The fourth-order valence-corrected chi connectivity index (χ4v) is 4.28. The second-order valence-electron chi connectivity index (χ2n) is 5.25. The second kappa shape index (κ2) is 7.81. The maximum Gasteiger partial charge on any atom is 0.247 e. The number of hydrogen-bond donors (Lipinski definition) is 0. The zero-order valence-electron chi connectivity index (χ0n) is 13.1. The number of benzene rings is 1. The Bertz CT molecular complexity index is 833. The highest BCUT2D eigenvalue weighted by Gasteiger charge is 2.16. The van der Waals surface area contributed by atoms with Gasteiger partial charge in [-0.25, -0.2) is 0 Å². The highest BCUT2D eigenvalue weighted by molar-refractivity contribution is 9.10. The number of rotatable bonds is 5. The van der Waals surface area contributed by atoms with Crippen LogP contribution < -0.4 is 4.90 Å². The first-order valence-corrected chi connectivity index (χ1v) is 10.2. The highest BCUT2D eigenvalue weighted by atomic mass is 79.9. The van der Waals surface area contributed by atoms with Crippen molar-refractivity contribution in [2.24, 2.45) is 0 Å². The first kappa shape index (κ1) is 17.0. The van der Waals surface area contributed by atoms with E-state index in [2.05, 4.69) is 41.2 Å². The van der Waals surface area contributed by atoms with Crippen molar-refractivity contribution in [3.63, 3.8) is 0 Å². The predicted molar refractivity (Wildman–Crippen MR) is 99.9 cm³/mol. The van der Waals surface area contributed by atoms with Gasteiger partial charge < -0.3 is 14.1 Å². The van der Waals surface area contributed by atoms with Crippen molar-refractivity contribution in [3.05, 3.63) is 34.6 Å². The minimum atomic E-state index is 0.523. The highest BCUT2D eigenvalue weighted by Crippen LogP contribution is 2.31. The van der Waals surface area contributed by atoms with Gasteiger partial charge in [0.2, 0.25) is 16.9 Å². The summed E-state index contributed by atoms with van der Waals surface area (Å²) in [6, 6.07) is 7.77. The van der Waals surface area contributed by atoms with Gasteiger partial charge in [-0.05, 0) is 24.3 Å². The Labute approximate surface area is 160 Å². The molecule has 1 fully saturated rings. The van der Waals surface area contributed by atoms with Crippen molar-refractivity contribution in [1.29, 1.82) is 0 Å². The van der Waals surface area contributed by atoms with Crippen LogP contribution in [0.4, 0.5) is 5.13 Å². The zero-order chi connectivity index (χ0) is 17.1. The average Bonchev–Trinajstić information content (AvgIpc) is 3.31. The van der Waals surface area contributed by atoms with Crippen LogP contribution in [0.5, 0.6) is 0 Å². The minimum absolute atomic E-state index is 0.523. The molecule has 7 nitrogen and oxygen atoms in total. The van der Waals surface area contributed by atoms with Crippen LogP contribution in [-0.4, -0.2) is 46.7 Å². The van der Waals surface area contributed by atoms with Gasteiger partial charge in [0.1, 0.15) is 0 Å². The molecule has 3 aromatic rings. The molecule has 0 amide bonds. The maximum atomic E-state index is 5.73. The number of hydrogen-bond acceptors (Lipinski definition) is 9. The molecule has 1 aliphatic rings. The van der Waals surface area contributed by atoms with Crippen molar-refractivity contribution in [1.82, 2.24) is 20.4 Å². The third-order valence-electron chi connectivity index (χ3n) is 3.55. The molecular weight excluding hydrogens is 426 g/mol. The van der Waals surface area contributed by atoms with E-state index in [4.69, 9.17) is 9.15 Å². The van der Waals surface area contributed by atoms with Crippen molar-refractivity contribution in [3.8, 4) is 11.5 Å². The third kappa shape index (κ3) is 4.20. The summed E-state index contributed by atoms with van der Waals surface area (Å²) >= 11 is 6.54. The zero-order valence-corrected chi connectivity index (χ0v) is 16.3. The summed E-state index contributed by atoms with van der Waals surface area (Å²) in [7, 11) is 0. The van der Waals surface area contributed by atoms with Gasteiger partial charge in [-0.2, -0.15) is 0 Å². The number of morpholine rings is 1. The average molecular weight is 440 g/mol. The Morgan fingerprint density at radius 1 is 1.08 bits per heavy atom. The number of halogens is 1. The van der Waals surface area contributed by atoms with E-state index in [1.165, 1.54) is 0 Å². The van der Waals surface area contributed by atoms with Gasteiger partial charge in [0.25, 0.3) is 0 Å². The minimum Gasteiger partial charge on any atom is -0.420 e. The summed E-state index contributed by atoms with van der Waals surface area (Å²) in [6.45, 7) is 3.20. The summed E-state index contributed by atoms with van der Waals surface area (Å²) in [5, 5.41) is 17.6. The molecule has 0 spiro atoms. The molecule has 3 heterocycles. The predicted octanol–water partition coefficient (Wildman–Crippen LogP) is 3.48. The van der Waals surface area contributed by atoms with Gasteiger partial charge >= 0.3 is 0 Å². The maximum absolute atomic E-state index is 5.73. The lowest BCUT2D eigenvalue weighted by Gasteiger charge is -2.25. The number of ether oxygens (including phenoxy) is 1. The summed E-state index contributed by atoms with van der Waals surface area (Å²) in [5.41, 5.74) is 0.900. The van der Waals surface area contributed by atoms with Crippen LogP contribution in [-0.2, 0) is 10.5 Å². The first-order valence-electron chi connectivity index (χ1n) is 7.65. The van der Waals surface area contributed by atoms with E-state index in [1.54, 1.807) is 23.1 Å². The molecule has 10 heteroatoms. The van der Waals surface area contributed by atoms with Gasteiger partial charge in [-0.3, -0.25) is 0 Å². The Kier molecular flexibility index (Phi) is 5.30. The molecule has 130 valence electrons. The van der Waals surface area contributed by atoms with Crippen LogP contribution in [0.25, 0.3) is 11.5 Å². The van der Waals surface area contributed by atoms with E-state index in [-0.39, 0.29) is 0 Å². The molecule has 4 rings (SSSR count). The van der Waals surface area contributed by atoms with E-state index in [0.717, 1.165) is 45.8 Å². The molecule has 0 aliphatic carbocycles. The number of thioether (sulfide) groups is 1. The Morgan fingerprint density at radius 2 is 1.88 bits per heavy atom. The SMILES string of the molecule is Brc1ccc(-c2nnc(CSc3nnc(N4CCOCC4)s3)o2)cc1.